The molecule has 0 amide bonds. The predicted molar refractivity (Wildman–Crippen MR) is 70.9 cm³/mol. The van der Waals surface area contributed by atoms with Gasteiger partial charge in [0.15, 0.2) is 5.76 Å². The first-order chi connectivity index (χ1) is 8.72. The second-order valence-corrected chi connectivity index (χ2v) is 4.18. The quantitative estimate of drug-likeness (QED) is 0.674. The van der Waals surface area contributed by atoms with Crippen molar-refractivity contribution in [3.63, 3.8) is 0 Å². The van der Waals surface area contributed by atoms with Crippen molar-refractivity contribution >= 4 is 5.69 Å². The lowest BCUT2D eigenvalue weighted by Gasteiger charge is -1.98. The van der Waals surface area contributed by atoms with Crippen LogP contribution in [0, 0.1) is 6.92 Å². The number of hydrogen-bond donors (Lipinski definition) is 2. The molecule has 3 N–H and O–H groups in total. The molecule has 0 radical (unpaired) electrons. The monoisotopic (exact) mass is 239 g/mol. The van der Waals surface area contributed by atoms with Crippen molar-refractivity contribution < 1.29 is 4.42 Å². The fraction of sp³-hybridized carbons (Fsp3) is 0.0714. The maximum absolute atomic E-state index is 5.76. The highest BCUT2D eigenvalue weighted by atomic mass is 16.3. The highest BCUT2D eigenvalue weighted by Gasteiger charge is 2.08. The lowest BCUT2D eigenvalue weighted by Crippen LogP contribution is -1.86. The Balaban J connectivity index is 1.99. The van der Waals surface area contributed by atoms with Gasteiger partial charge in [0, 0.05) is 11.3 Å². The summed E-state index contributed by atoms with van der Waals surface area (Å²) < 4.78 is 5.55. The van der Waals surface area contributed by atoms with Crippen molar-refractivity contribution in [1.82, 2.24) is 9.97 Å². The predicted octanol–water partition coefficient (Wildman–Crippen LogP) is 3.23. The molecule has 3 rings (SSSR count). The molecule has 1 aromatic carbocycles. The van der Waals surface area contributed by atoms with E-state index in [1.54, 1.807) is 6.20 Å². The molecule has 0 fully saturated rings. The molecule has 90 valence electrons. The first kappa shape index (κ1) is 10.7. The second-order valence-electron chi connectivity index (χ2n) is 4.18. The minimum Gasteiger partial charge on any atom is -0.460 e. The van der Waals surface area contributed by atoms with Gasteiger partial charge in [0.1, 0.15) is 17.3 Å². The molecule has 0 atom stereocenters. The summed E-state index contributed by atoms with van der Waals surface area (Å²) in [4.78, 5) is 7.57. The Bertz CT molecular complexity index is 682. The number of nitrogen functional groups attached to an aromatic ring is 1. The zero-order valence-electron chi connectivity index (χ0n) is 9.97. The van der Waals surface area contributed by atoms with Crippen LogP contribution < -0.4 is 5.73 Å². The van der Waals surface area contributed by atoms with E-state index in [1.807, 2.05) is 43.3 Å². The summed E-state index contributed by atoms with van der Waals surface area (Å²) in [6, 6.07) is 11.5. The molecule has 4 heteroatoms. The largest absolute Gasteiger partial charge is 0.460 e. The van der Waals surface area contributed by atoms with Crippen LogP contribution in [0.15, 0.2) is 47.0 Å². The Morgan fingerprint density at radius 2 is 2.11 bits per heavy atom. The molecule has 2 aromatic heterocycles. The van der Waals surface area contributed by atoms with Crippen LogP contribution in [0.3, 0.4) is 0 Å². The molecular weight excluding hydrogens is 226 g/mol. The zero-order valence-corrected chi connectivity index (χ0v) is 9.97. The Morgan fingerprint density at radius 3 is 2.83 bits per heavy atom. The zero-order chi connectivity index (χ0) is 12.5. The summed E-state index contributed by atoms with van der Waals surface area (Å²) in [6.45, 7) is 1.92. The summed E-state index contributed by atoms with van der Waals surface area (Å²) in [5.41, 5.74) is 8.30. The third kappa shape index (κ3) is 1.88. The number of benzene rings is 1. The molecular formula is C14H13N3O. The molecule has 0 saturated carbocycles. The number of nitrogens with one attached hydrogen (secondary N) is 1. The van der Waals surface area contributed by atoms with E-state index in [0.29, 0.717) is 0 Å². The molecule has 0 aliphatic carbocycles. The van der Waals surface area contributed by atoms with Gasteiger partial charge in [-0.3, -0.25) is 0 Å². The van der Waals surface area contributed by atoms with Crippen LogP contribution in [-0.2, 0) is 0 Å². The number of furan rings is 1. The van der Waals surface area contributed by atoms with Crippen molar-refractivity contribution in [2.75, 3.05) is 5.73 Å². The number of hydrogen-bond acceptors (Lipinski definition) is 3. The van der Waals surface area contributed by atoms with E-state index in [2.05, 4.69) is 9.97 Å². The fourth-order valence-corrected chi connectivity index (χ4v) is 1.86. The molecule has 4 nitrogen and oxygen atoms in total. The second kappa shape index (κ2) is 4.07. The fourth-order valence-electron chi connectivity index (χ4n) is 1.86. The standard InChI is InChI=1S/C14H13N3O/c1-9-5-6-13(18-9)12-8-16-14(17-12)10-3-2-4-11(15)7-10/h2-8H,15H2,1H3,(H,16,17). The number of aryl methyl sites for hydroxylation is 1. The van der Waals surface area contributed by atoms with E-state index >= 15 is 0 Å². The van der Waals surface area contributed by atoms with E-state index in [1.165, 1.54) is 0 Å². The molecule has 18 heavy (non-hydrogen) atoms. The minimum absolute atomic E-state index is 0.722. The van der Waals surface area contributed by atoms with Crippen molar-refractivity contribution in [2.45, 2.75) is 6.92 Å². The van der Waals surface area contributed by atoms with E-state index < -0.39 is 0 Å². The maximum Gasteiger partial charge on any atom is 0.152 e. The Labute approximate surface area is 104 Å². The van der Waals surface area contributed by atoms with Gasteiger partial charge in [0.2, 0.25) is 0 Å². The summed E-state index contributed by atoms with van der Waals surface area (Å²) in [7, 11) is 0. The molecule has 0 spiro atoms. The van der Waals surface area contributed by atoms with E-state index in [-0.39, 0.29) is 0 Å². The number of aromatic nitrogens is 2. The van der Waals surface area contributed by atoms with E-state index in [4.69, 9.17) is 10.2 Å². The lowest BCUT2D eigenvalue weighted by atomic mass is 10.2. The highest BCUT2D eigenvalue weighted by molar-refractivity contribution is 5.64. The van der Waals surface area contributed by atoms with Crippen LogP contribution in [0.25, 0.3) is 22.8 Å². The number of rotatable bonds is 2. The van der Waals surface area contributed by atoms with Crippen molar-refractivity contribution in [3.8, 4) is 22.8 Å². The van der Waals surface area contributed by atoms with Crippen LogP contribution >= 0.6 is 0 Å². The van der Waals surface area contributed by atoms with Gasteiger partial charge in [-0.1, -0.05) is 12.1 Å². The van der Waals surface area contributed by atoms with Crippen molar-refractivity contribution in [1.29, 1.82) is 0 Å². The number of H-pyrrole nitrogens is 1. The average Bonchev–Trinajstić information content (AvgIpc) is 2.97. The number of imidazole rings is 1. The first-order valence-corrected chi connectivity index (χ1v) is 5.70. The summed E-state index contributed by atoms with van der Waals surface area (Å²) >= 11 is 0. The summed E-state index contributed by atoms with van der Waals surface area (Å²) in [5.74, 6) is 2.45. The number of nitrogens with two attached hydrogens (primary N) is 1. The molecule has 0 unspecified atom stereocenters. The third-order valence-corrected chi connectivity index (χ3v) is 2.74. The summed E-state index contributed by atoms with van der Waals surface area (Å²) in [6.07, 6.45) is 1.76. The summed E-state index contributed by atoms with van der Waals surface area (Å²) in [5, 5.41) is 0. The normalized spacial score (nSPS) is 10.7. The van der Waals surface area contributed by atoms with Gasteiger partial charge in [-0.15, -0.1) is 0 Å². The smallest absolute Gasteiger partial charge is 0.152 e. The van der Waals surface area contributed by atoms with Crippen molar-refractivity contribution in [3.05, 3.63) is 48.4 Å². The number of aromatic amines is 1. The van der Waals surface area contributed by atoms with Crippen LogP contribution in [0.5, 0.6) is 0 Å². The van der Waals surface area contributed by atoms with Crippen LogP contribution in [-0.4, -0.2) is 9.97 Å². The molecule has 0 saturated heterocycles. The van der Waals surface area contributed by atoms with Crippen LogP contribution in [0.2, 0.25) is 0 Å². The SMILES string of the molecule is Cc1ccc(-c2cnc(-c3cccc(N)c3)[nH]2)o1. The minimum atomic E-state index is 0.722. The van der Waals surface area contributed by atoms with Gasteiger partial charge in [-0.2, -0.15) is 0 Å². The van der Waals surface area contributed by atoms with Gasteiger partial charge >= 0.3 is 0 Å². The van der Waals surface area contributed by atoms with Gasteiger partial charge in [-0.25, -0.2) is 4.98 Å². The Kier molecular flexibility index (Phi) is 2.41. The molecule has 0 aliphatic rings. The van der Waals surface area contributed by atoms with Crippen LogP contribution in [0.1, 0.15) is 5.76 Å². The Morgan fingerprint density at radius 1 is 1.22 bits per heavy atom. The maximum atomic E-state index is 5.76. The molecule has 0 bridgehead atoms. The van der Waals surface area contributed by atoms with Gasteiger partial charge in [-0.05, 0) is 31.2 Å². The molecule has 2 heterocycles. The molecule has 0 aliphatic heterocycles. The number of anilines is 1. The topological polar surface area (TPSA) is 67.8 Å². The van der Waals surface area contributed by atoms with Gasteiger partial charge in [0.25, 0.3) is 0 Å². The van der Waals surface area contributed by atoms with Crippen molar-refractivity contribution in [2.24, 2.45) is 0 Å². The van der Waals surface area contributed by atoms with Gasteiger partial charge in [0.05, 0.1) is 6.20 Å². The lowest BCUT2D eigenvalue weighted by molar-refractivity contribution is 0.547. The van der Waals surface area contributed by atoms with E-state index in [9.17, 15) is 0 Å². The van der Waals surface area contributed by atoms with Gasteiger partial charge < -0.3 is 15.1 Å². The third-order valence-electron chi connectivity index (χ3n) is 2.74. The highest BCUT2D eigenvalue weighted by Crippen LogP contribution is 2.24. The van der Waals surface area contributed by atoms with Crippen LogP contribution in [0.4, 0.5) is 5.69 Å². The van der Waals surface area contributed by atoms with E-state index in [0.717, 1.165) is 34.3 Å². The molecule has 3 aromatic rings. The first-order valence-electron chi connectivity index (χ1n) is 5.70. The number of nitrogens with zero attached hydrogens (tertiary/aromatic N) is 1. The Hall–Kier alpha value is -2.49. The average molecular weight is 239 g/mol.